The van der Waals surface area contributed by atoms with Gasteiger partial charge >= 0.3 is 0 Å². The molecule has 0 aliphatic carbocycles. The molecule has 1 aromatic heterocycles. The van der Waals surface area contributed by atoms with Gasteiger partial charge in [-0.15, -0.1) is 35.3 Å². The molecule has 1 heterocycles. The zero-order chi connectivity index (χ0) is 17.5. The van der Waals surface area contributed by atoms with Crippen molar-refractivity contribution in [2.24, 2.45) is 4.99 Å². The fourth-order valence-electron chi connectivity index (χ4n) is 2.37. The van der Waals surface area contributed by atoms with Crippen LogP contribution in [0.3, 0.4) is 0 Å². The van der Waals surface area contributed by atoms with Crippen molar-refractivity contribution in [2.45, 2.75) is 26.9 Å². The van der Waals surface area contributed by atoms with Crippen LogP contribution in [0.2, 0.25) is 0 Å². The summed E-state index contributed by atoms with van der Waals surface area (Å²) in [5.41, 5.74) is 3.48. The molecule has 2 aromatic rings. The van der Waals surface area contributed by atoms with Gasteiger partial charge < -0.3 is 15.1 Å². The van der Waals surface area contributed by atoms with E-state index in [1.54, 1.807) is 11.3 Å². The van der Waals surface area contributed by atoms with Crippen molar-refractivity contribution in [1.29, 1.82) is 0 Å². The van der Waals surface area contributed by atoms with E-state index in [1.807, 2.05) is 14.0 Å². The summed E-state index contributed by atoms with van der Waals surface area (Å²) in [5, 5.41) is 6.56. The maximum Gasteiger partial charge on any atom is 0.194 e. The average molecular weight is 473 g/mol. The van der Waals surface area contributed by atoms with Crippen molar-refractivity contribution >= 4 is 47.0 Å². The minimum absolute atomic E-state index is 0. The van der Waals surface area contributed by atoms with Gasteiger partial charge in [0, 0.05) is 38.8 Å². The van der Waals surface area contributed by atoms with Crippen LogP contribution >= 0.6 is 35.3 Å². The third-order valence-electron chi connectivity index (χ3n) is 3.60. The molecule has 0 bridgehead atoms. The summed E-state index contributed by atoms with van der Waals surface area (Å²) in [5.74, 6) is 0.901. The number of rotatable bonds is 6. The number of anilines is 1. The second-order valence-electron chi connectivity index (χ2n) is 5.95. The Morgan fingerprint density at radius 1 is 1.28 bits per heavy atom. The van der Waals surface area contributed by atoms with E-state index in [-0.39, 0.29) is 24.0 Å². The first-order valence-corrected chi connectivity index (χ1v) is 9.04. The number of benzene rings is 1. The number of hydrogen-bond donors (Lipinski definition) is 1. The van der Waals surface area contributed by atoms with Gasteiger partial charge in [-0.25, -0.2) is 9.98 Å². The van der Waals surface area contributed by atoms with Crippen molar-refractivity contribution in [1.82, 2.24) is 15.2 Å². The molecule has 25 heavy (non-hydrogen) atoms. The fraction of sp³-hybridized carbons (Fsp3) is 0.444. The number of halogens is 1. The standard InChI is InChI=1S/C18H27N5S.HI/c1-6-19-18(23(5)12-16-13-24-14(2)21-16)20-11-15-8-7-9-17(10-15)22(3)4;/h7-10,13H,6,11-12H2,1-5H3,(H,19,20);1H. The summed E-state index contributed by atoms with van der Waals surface area (Å²) in [4.78, 5) is 13.5. The molecular formula is C18H28IN5S. The molecule has 0 aliphatic heterocycles. The highest BCUT2D eigenvalue weighted by molar-refractivity contribution is 14.0. The largest absolute Gasteiger partial charge is 0.378 e. The Balaban J connectivity index is 0.00000312. The SMILES string of the molecule is CCNC(=NCc1cccc(N(C)C)c1)N(C)Cc1csc(C)n1.I. The summed E-state index contributed by atoms with van der Waals surface area (Å²) in [6, 6.07) is 8.48. The molecule has 0 radical (unpaired) electrons. The third kappa shape index (κ3) is 6.81. The van der Waals surface area contributed by atoms with E-state index in [2.05, 4.69) is 70.8 Å². The number of aliphatic imine (C=N–C) groups is 1. The second kappa shape index (κ2) is 10.6. The van der Waals surface area contributed by atoms with Gasteiger partial charge in [0.15, 0.2) is 5.96 Å². The molecule has 0 atom stereocenters. The maximum absolute atomic E-state index is 4.78. The molecule has 0 aliphatic rings. The van der Waals surface area contributed by atoms with Crippen molar-refractivity contribution in [2.75, 3.05) is 32.6 Å². The van der Waals surface area contributed by atoms with Crippen molar-refractivity contribution in [3.05, 3.63) is 45.9 Å². The lowest BCUT2D eigenvalue weighted by Gasteiger charge is -2.21. The highest BCUT2D eigenvalue weighted by Gasteiger charge is 2.08. The minimum atomic E-state index is 0. The molecule has 0 fully saturated rings. The summed E-state index contributed by atoms with van der Waals surface area (Å²) < 4.78 is 0. The van der Waals surface area contributed by atoms with Crippen LogP contribution in [0.4, 0.5) is 5.69 Å². The van der Waals surface area contributed by atoms with E-state index in [0.29, 0.717) is 6.54 Å². The van der Waals surface area contributed by atoms with Crippen LogP contribution in [0.5, 0.6) is 0 Å². The molecule has 0 saturated heterocycles. The van der Waals surface area contributed by atoms with E-state index < -0.39 is 0 Å². The fourth-order valence-corrected chi connectivity index (χ4v) is 2.97. The first kappa shape index (κ1) is 21.7. The molecule has 1 N–H and O–H groups in total. The van der Waals surface area contributed by atoms with Gasteiger partial charge in [-0.3, -0.25) is 0 Å². The van der Waals surface area contributed by atoms with Crippen LogP contribution in [0.15, 0.2) is 34.6 Å². The predicted molar refractivity (Wildman–Crippen MR) is 119 cm³/mol. The second-order valence-corrected chi connectivity index (χ2v) is 7.01. The van der Waals surface area contributed by atoms with Gasteiger partial charge in [0.2, 0.25) is 0 Å². The molecule has 138 valence electrons. The first-order chi connectivity index (χ1) is 11.5. The van der Waals surface area contributed by atoms with Crippen LogP contribution in [-0.2, 0) is 13.1 Å². The summed E-state index contributed by atoms with van der Waals surface area (Å²) in [6.45, 7) is 6.38. The molecule has 0 spiro atoms. The topological polar surface area (TPSA) is 43.8 Å². The van der Waals surface area contributed by atoms with Crippen LogP contribution in [0, 0.1) is 6.92 Å². The van der Waals surface area contributed by atoms with Crippen molar-refractivity contribution in [3.8, 4) is 0 Å². The molecule has 7 heteroatoms. The van der Waals surface area contributed by atoms with Gasteiger partial charge in [-0.2, -0.15) is 0 Å². The van der Waals surface area contributed by atoms with E-state index in [1.165, 1.54) is 11.3 Å². The number of hydrogen-bond acceptors (Lipinski definition) is 4. The molecule has 0 unspecified atom stereocenters. The van der Waals surface area contributed by atoms with Crippen LogP contribution in [0.25, 0.3) is 0 Å². The monoisotopic (exact) mass is 473 g/mol. The van der Waals surface area contributed by atoms with E-state index in [0.717, 1.165) is 29.8 Å². The van der Waals surface area contributed by atoms with Crippen LogP contribution in [0.1, 0.15) is 23.2 Å². The first-order valence-electron chi connectivity index (χ1n) is 8.16. The highest BCUT2D eigenvalue weighted by atomic mass is 127. The van der Waals surface area contributed by atoms with E-state index in [4.69, 9.17) is 4.99 Å². The van der Waals surface area contributed by atoms with Gasteiger partial charge in [0.25, 0.3) is 0 Å². The number of nitrogens with one attached hydrogen (secondary N) is 1. The Hall–Kier alpha value is -1.35. The van der Waals surface area contributed by atoms with Crippen LogP contribution < -0.4 is 10.2 Å². The molecule has 5 nitrogen and oxygen atoms in total. The summed E-state index contributed by atoms with van der Waals surface area (Å²) in [7, 11) is 6.15. The van der Waals surface area contributed by atoms with Gasteiger partial charge in [-0.1, -0.05) is 12.1 Å². The van der Waals surface area contributed by atoms with Gasteiger partial charge in [-0.05, 0) is 31.5 Å². The molecular weight excluding hydrogens is 445 g/mol. The minimum Gasteiger partial charge on any atom is -0.378 e. The predicted octanol–water partition coefficient (Wildman–Crippen LogP) is 3.73. The highest BCUT2D eigenvalue weighted by Crippen LogP contribution is 2.14. The Labute approximate surface area is 172 Å². The number of aryl methyl sites for hydroxylation is 1. The molecule has 2 rings (SSSR count). The Kier molecular flexibility index (Phi) is 9.20. The zero-order valence-corrected chi connectivity index (χ0v) is 18.8. The lowest BCUT2D eigenvalue weighted by Crippen LogP contribution is -2.38. The normalized spacial score (nSPS) is 11.0. The molecule has 0 saturated carbocycles. The van der Waals surface area contributed by atoms with E-state index in [9.17, 15) is 0 Å². The number of guanidine groups is 1. The maximum atomic E-state index is 4.78. The third-order valence-corrected chi connectivity index (χ3v) is 4.42. The lowest BCUT2D eigenvalue weighted by atomic mass is 10.2. The zero-order valence-electron chi connectivity index (χ0n) is 15.6. The smallest absolute Gasteiger partial charge is 0.194 e. The summed E-state index contributed by atoms with van der Waals surface area (Å²) >= 11 is 1.68. The lowest BCUT2D eigenvalue weighted by molar-refractivity contribution is 0.471. The molecule has 0 amide bonds. The summed E-state index contributed by atoms with van der Waals surface area (Å²) in [6.07, 6.45) is 0. The van der Waals surface area contributed by atoms with Crippen LogP contribution in [-0.4, -0.2) is 43.5 Å². The Bertz CT molecular complexity index is 684. The quantitative estimate of drug-likeness (QED) is 0.395. The van der Waals surface area contributed by atoms with Crippen molar-refractivity contribution in [3.63, 3.8) is 0 Å². The number of aromatic nitrogens is 1. The Morgan fingerprint density at radius 2 is 2.04 bits per heavy atom. The van der Waals surface area contributed by atoms with Crippen molar-refractivity contribution < 1.29 is 0 Å². The Morgan fingerprint density at radius 3 is 2.64 bits per heavy atom. The molecule has 1 aromatic carbocycles. The number of thiazole rings is 1. The number of nitrogens with zero attached hydrogens (tertiary/aromatic N) is 4. The average Bonchev–Trinajstić information content (AvgIpc) is 2.96. The van der Waals surface area contributed by atoms with E-state index >= 15 is 0 Å². The van der Waals surface area contributed by atoms with Gasteiger partial charge in [0.1, 0.15) is 0 Å². The van der Waals surface area contributed by atoms with Gasteiger partial charge in [0.05, 0.1) is 23.8 Å².